The number of carbonyl (C=O) groups is 1. The fourth-order valence-electron chi connectivity index (χ4n) is 3.38. The van der Waals surface area contributed by atoms with Crippen LogP contribution in [-0.2, 0) is 9.53 Å². The third kappa shape index (κ3) is 0.762. The number of ketones is 1. The van der Waals surface area contributed by atoms with E-state index in [0.29, 0.717) is 5.78 Å². The molecule has 2 aliphatic carbocycles. The SMILES string of the molecule is C[C@@H]1CC[C@]23CCCC[C@]2(O3)C1=O. The van der Waals surface area contributed by atoms with Gasteiger partial charge >= 0.3 is 0 Å². The molecule has 1 saturated heterocycles. The van der Waals surface area contributed by atoms with Crippen molar-refractivity contribution < 1.29 is 9.53 Å². The van der Waals surface area contributed by atoms with Crippen LogP contribution in [0, 0.1) is 5.92 Å². The molecule has 2 nitrogen and oxygen atoms in total. The highest BCUT2D eigenvalue weighted by Gasteiger charge is 2.75. The van der Waals surface area contributed by atoms with Gasteiger partial charge in [0.1, 0.15) is 5.60 Å². The molecule has 0 aromatic rings. The maximum Gasteiger partial charge on any atom is 0.170 e. The first kappa shape index (κ1) is 7.98. The lowest BCUT2D eigenvalue weighted by atomic mass is 9.67. The van der Waals surface area contributed by atoms with Gasteiger partial charge < -0.3 is 4.74 Å². The van der Waals surface area contributed by atoms with E-state index in [0.717, 1.165) is 25.7 Å². The maximum absolute atomic E-state index is 12.0. The van der Waals surface area contributed by atoms with Crippen LogP contribution in [0.2, 0.25) is 0 Å². The molecule has 0 bridgehead atoms. The minimum absolute atomic E-state index is 0.0227. The second kappa shape index (κ2) is 2.17. The van der Waals surface area contributed by atoms with Gasteiger partial charge in [-0.05, 0) is 32.1 Å². The van der Waals surface area contributed by atoms with E-state index in [2.05, 4.69) is 6.92 Å². The number of ether oxygens (including phenoxy) is 1. The van der Waals surface area contributed by atoms with E-state index in [9.17, 15) is 4.79 Å². The van der Waals surface area contributed by atoms with E-state index in [1.165, 1.54) is 12.8 Å². The van der Waals surface area contributed by atoms with Crippen molar-refractivity contribution in [3.8, 4) is 0 Å². The van der Waals surface area contributed by atoms with Crippen molar-refractivity contribution in [2.24, 2.45) is 5.92 Å². The summed E-state index contributed by atoms with van der Waals surface area (Å²) >= 11 is 0. The number of Topliss-reactive ketones (excluding diaryl/α,β-unsaturated/α-hetero) is 1. The average molecular weight is 180 g/mol. The summed E-state index contributed by atoms with van der Waals surface area (Å²) in [6.07, 6.45) is 6.73. The number of rotatable bonds is 0. The fourth-order valence-corrected chi connectivity index (χ4v) is 3.38. The Bertz CT molecular complexity index is 273. The van der Waals surface area contributed by atoms with Gasteiger partial charge in [0.15, 0.2) is 11.4 Å². The first-order valence-corrected chi connectivity index (χ1v) is 5.45. The second-order valence-corrected chi connectivity index (χ2v) is 4.93. The van der Waals surface area contributed by atoms with Gasteiger partial charge in [0, 0.05) is 5.92 Å². The highest BCUT2D eigenvalue weighted by Crippen LogP contribution is 2.63. The lowest BCUT2D eigenvalue weighted by molar-refractivity contribution is -0.129. The van der Waals surface area contributed by atoms with E-state index in [4.69, 9.17) is 4.74 Å². The lowest BCUT2D eigenvalue weighted by Crippen LogP contribution is -2.44. The number of hydrogen-bond donors (Lipinski definition) is 0. The van der Waals surface area contributed by atoms with Gasteiger partial charge in [-0.25, -0.2) is 0 Å². The Morgan fingerprint density at radius 1 is 1.31 bits per heavy atom. The molecule has 1 aliphatic heterocycles. The number of epoxide rings is 1. The highest BCUT2D eigenvalue weighted by atomic mass is 16.6. The van der Waals surface area contributed by atoms with Crippen LogP contribution >= 0.6 is 0 Å². The molecule has 2 saturated carbocycles. The van der Waals surface area contributed by atoms with Crippen LogP contribution in [0.15, 0.2) is 0 Å². The van der Waals surface area contributed by atoms with Crippen LogP contribution in [0.25, 0.3) is 0 Å². The van der Waals surface area contributed by atoms with Crippen molar-refractivity contribution in [1.82, 2.24) is 0 Å². The van der Waals surface area contributed by atoms with Gasteiger partial charge in [0.2, 0.25) is 0 Å². The van der Waals surface area contributed by atoms with E-state index >= 15 is 0 Å². The molecule has 1 heterocycles. The predicted octanol–water partition coefficient (Wildman–Crippen LogP) is 2.07. The molecule has 2 heteroatoms. The molecule has 0 N–H and O–H groups in total. The largest absolute Gasteiger partial charge is 0.354 e. The molecule has 0 unspecified atom stereocenters. The third-order valence-corrected chi connectivity index (χ3v) is 4.25. The fraction of sp³-hybridized carbons (Fsp3) is 0.909. The number of hydrogen-bond acceptors (Lipinski definition) is 2. The molecular formula is C11H16O2. The Hall–Kier alpha value is -0.370. The number of carbonyl (C=O) groups excluding carboxylic acids is 1. The molecule has 3 aliphatic rings. The zero-order valence-electron chi connectivity index (χ0n) is 8.14. The Kier molecular flexibility index (Phi) is 1.33. The van der Waals surface area contributed by atoms with Gasteiger partial charge in [-0.2, -0.15) is 0 Å². The zero-order chi connectivity index (χ0) is 9.10. The van der Waals surface area contributed by atoms with Crippen LogP contribution in [0.4, 0.5) is 0 Å². The van der Waals surface area contributed by atoms with E-state index in [-0.39, 0.29) is 17.1 Å². The summed E-state index contributed by atoms with van der Waals surface area (Å²) in [5, 5.41) is 0. The maximum atomic E-state index is 12.0. The highest BCUT2D eigenvalue weighted by molar-refractivity contribution is 5.94. The van der Waals surface area contributed by atoms with Gasteiger partial charge in [-0.3, -0.25) is 4.79 Å². The Balaban J connectivity index is 1.96. The molecule has 0 aromatic heterocycles. The normalized spacial score (nSPS) is 53.9. The smallest absolute Gasteiger partial charge is 0.170 e. The summed E-state index contributed by atoms with van der Waals surface area (Å²) in [5.74, 6) is 0.646. The monoisotopic (exact) mass is 180 g/mol. The summed E-state index contributed by atoms with van der Waals surface area (Å²) in [6, 6.07) is 0. The predicted molar refractivity (Wildman–Crippen MR) is 48.4 cm³/mol. The third-order valence-electron chi connectivity index (χ3n) is 4.25. The summed E-state index contributed by atoms with van der Waals surface area (Å²) in [7, 11) is 0. The quantitative estimate of drug-likeness (QED) is 0.534. The van der Waals surface area contributed by atoms with Crippen molar-refractivity contribution in [3.05, 3.63) is 0 Å². The lowest BCUT2D eigenvalue weighted by Gasteiger charge is -2.30. The van der Waals surface area contributed by atoms with E-state index in [1.807, 2.05) is 0 Å². The molecule has 3 fully saturated rings. The first-order valence-electron chi connectivity index (χ1n) is 5.45. The zero-order valence-corrected chi connectivity index (χ0v) is 8.14. The van der Waals surface area contributed by atoms with E-state index in [1.54, 1.807) is 0 Å². The summed E-state index contributed by atoms with van der Waals surface area (Å²) in [4.78, 5) is 12.0. The molecule has 0 aromatic carbocycles. The average Bonchev–Trinajstić information content (AvgIpc) is 2.83. The van der Waals surface area contributed by atoms with Crippen LogP contribution in [-0.4, -0.2) is 17.0 Å². The Morgan fingerprint density at radius 3 is 2.92 bits per heavy atom. The van der Waals surface area contributed by atoms with Crippen LogP contribution in [0.3, 0.4) is 0 Å². The molecule has 72 valence electrons. The minimum Gasteiger partial charge on any atom is -0.354 e. The van der Waals surface area contributed by atoms with Gasteiger partial charge in [-0.15, -0.1) is 0 Å². The van der Waals surface area contributed by atoms with Gasteiger partial charge in [0.05, 0.1) is 0 Å². The van der Waals surface area contributed by atoms with Gasteiger partial charge in [-0.1, -0.05) is 13.3 Å². The Labute approximate surface area is 78.6 Å². The van der Waals surface area contributed by atoms with Crippen molar-refractivity contribution in [2.75, 3.05) is 0 Å². The molecule has 3 atom stereocenters. The summed E-state index contributed by atoms with van der Waals surface area (Å²) in [5.41, 5.74) is -0.266. The van der Waals surface area contributed by atoms with Crippen molar-refractivity contribution in [1.29, 1.82) is 0 Å². The molecule has 0 radical (unpaired) electrons. The molecule has 3 rings (SSSR count). The van der Waals surface area contributed by atoms with Crippen molar-refractivity contribution >= 4 is 5.78 Å². The molecule has 0 spiro atoms. The summed E-state index contributed by atoms with van der Waals surface area (Å²) in [6.45, 7) is 2.05. The summed E-state index contributed by atoms with van der Waals surface area (Å²) < 4.78 is 5.85. The minimum atomic E-state index is -0.289. The Morgan fingerprint density at radius 2 is 2.08 bits per heavy atom. The molecular weight excluding hydrogens is 164 g/mol. The van der Waals surface area contributed by atoms with E-state index < -0.39 is 0 Å². The van der Waals surface area contributed by atoms with Crippen molar-refractivity contribution in [3.63, 3.8) is 0 Å². The van der Waals surface area contributed by atoms with Gasteiger partial charge in [0.25, 0.3) is 0 Å². The molecule has 13 heavy (non-hydrogen) atoms. The van der Waals surface area contributed by atoms with Crippen LogP contribution in [0.5, 0.6) is 0 Å². The van der Waals surface area contributed by atoms with Crippen LogP contribution in [0.1, 0.15) is 45.4 Å². The van der Waals surface area contributed by atoms with Crippen LogP contribution < -0.4 is 0 Å². The first-order chi connectivity index (χ1) is 6.20. The topological polar surface area (TPSA) is 29.6 Å². The van der Waals surface area contributed by atoms with Crippen molar-refractivity contribution in [2.45, 2.75) is 56.7 Å². The molecule has 0 amide bonds. The standard InChI is InChI=1S/C11H16O2/c1-8-4-7-10-5-2-3-6-11(10,13-10)9(8)12/h8H,2-7H2,1H3/t8-,10-,11+/m1/s1. The second-order valence-electron chi connectivity index (χ2n) is 4.93.